The summed E-state index contributed by atoms with van der Waals surface area (Å²) in [5, 5.41) is 15.0. The third-order valence-corrected chi connectivity index (χ3v) is 11.0. The van der Waals surface area contributed by atoms with Crippen molar-refractivity contribution in [2.45, 2.75) is 58.3 Å². The Morgan fingerprint density at radius 1 is 0.583 bits per heavy atom. The van der Waals surface area contributed by atoms with Crippen molar-refractivity contribution in [1.82, 2.24) is 10.6 Å². The minimum absolute atomic E-state index is 0.0746. The smallest absolute Gasteiger partial charge is 0.303 e. The largest absolute Gasteiger partial charge is 0.481 e. The fourth-order valence-electron chi connectivity index (χ4n) is 7.01. The molecule has 11 heteroatoms. The zero-order chi connectivity index (χ0) is 42.8. The van der Waals surface area contributed by atoms with Crippen LogP contribution < -0.4 is 10.6 Å². The first-order chi connectivity index (χ1) is 28.9. The lowest BCUT2D eigenvalue weighted by atomic mass is 9.76. The third kappa shape index (κ3) is 14.0. The summed E-state index contributed by atoms with van der Waals surface area (Å²) in [4.78, 5) is 47.6. The van der Waals surface area contributed by atoms with Gasteiger partial charge in [-0.15, -0.1) is 0 Å². The summed E-state index contributed by atoms with van der Waals surface area (Å²) in [6.07, 6.45) is 5.00. The number of carbonyl (C=O) groups is 4. The van der Waals surface area contributed by atoms with Gasteiger partial charge in [-0.05, 0) is 129 Å². The van der Waals surface area contributed by atoms with Crippen molar-refractivity contribution >= 4 is 23.6 Å². The van der Waals surface area contributed by atoms with Gasteiger partial charge in [0.1, 0.15) is 17.4 Å². The van der Waals surface area contributed by atoms with E-state index < -0.39 is 5.97 Å². The van der Waals surface area contributed by atoms with Crippen LogP contribution in [0.5, 0.6) is 0 Å². The van der Waals surface area contributed by atoms with Crippen LogP contribution in [0, 0.1) is 46.1 Å². The zero-order valence-corrected chi connectivity index (χ0v) is 33.8. The molecular weight excluding hydrogens is 767 g/mol. The van der Waals surface area contributed by atoms with Gasteiger partial charge < -0.3 is 30.0 Å². The van der Waals surface area contributed by atoms with Crippen molar-refractivity contribution in [2.24, 2.45) is 10.8 Å². The van der Waals surface area contributed by atoms with Crippen LogP contribution in [0.3, 0.4) is 0 Å². The van der Waals surface area contributed by atoms with E-state index >= 15 is 0 Å². The minimum Gasteiger partial charge on any atom is -0.481 e. The van der Waals surface area contributed by atoms with E-state index in [1.807, 2.05) is 0 Å². The number of halogens is 2. The molecule has 2 saturated heterocycles. The number of benzene rings is 4. The molecule has 0 atom stereocenters. The minimum atomic E-state index is -0.834. The van der Waals surface area contributed by atoms with E-state index in [0.29, 0.717) is 85.7 Å². The standard InChI is InChI=1S/C25H26FNO3.C24H24FNO4/c1-19(28)12-13-25(14-16-30-17-15-25)18-27-24(29)22-10-7-20(8-11-22)6-9-21-4-2-3-5-23(21)26;25-21-4-2-1-3-19(21)8-5-18-6-9-20(10-7-18)23(29)26-17-24(12-11-22(27)28)13-15-30-16-14-24/h2-5,7-8,10-11H,12-18H2,1H3,(H,27,29);1-4,6-7,9-10H,11-17H2,(H,26,29)(H,27,28). The van der Waals surface area contributed by atoms with Gasteiger partial charge in [0.2, 0.25) is 0 Å². The van der Waals surface area contributed by atoms with Crippen molar-refractivity contribution in [3.05, 3.63) is 142 Å². The van der Waals surface area contributed by atoms with E-state index in [-0.39, 0.29) is 46.5 Å². The van der Waals surface area contributed by atoms with E-state index in [1.54, 1.807) is 91.9 Å². The highest BCUT2D eigenvalue weighted by Gasteiger charge is 2.34. The molecule has 4 aromatic rings. The van der Waals surface area contributed by atoms with E-state index in [9.17, 15) is 28.0 Å². The van der Waals surface area contributed by atoms with Gasteiger partial charge in [-0.25, -0.2) is 8.78 Å². The molecule has 4 aromatic carbocycles. The molecular formula is C49H50F2N2O7. The summed E-state index contributed by atoms with van der Waals surface area (Å²) in [5.41, 5.74) is 2.73. The van der Waals surface area contributed by atoms with Gasteiger partial charge in [0.25, 0.3) is 11.8 Å². The summed E-state index contributed by atoms with van der Waals surface area (Å²) in [6.45, 7) is 5.00. The van der Waals surface area contributed by atoms with Gasteiger partial charge in [0.05, 0.1) is 11.1 Å². The lowest BCUT2D eigenvalue weighted by Gasteiger charge is -2.37. The summed E-state index contributed by atoms with van der Waals surface area (Å²) in [7, 11) is 0. The molecule has 2 aliphatic heterocycles. The zero-order valence-electron chi connectivity index (χ0n) is 33.8. The van der Waals surface area contributed by atoms with Gasteiger partial charge in [0.15, 0.2) is 0 Å². The molecule has 0 unspecified atom stereocenters. The van der Waals surface area contributed by atoms with Crippen LogP contribution in [0.15, 0.2) is 97.1 Å². The number of ketones is 1. The number of hydrogen-bond donors (Lipinski definition) is 3. The Balaban J connectivity index is 0.000000228. The second-order valence-electron chi connectivity index (χ2n) is 15.3. The van der Waals surface area contributed by atoms with Gasteiger partial charge in [-0.2, -0.15) is 0 Å². The average Bonchev–Trinajstić information content (AvgIpc) is 3.27. The summed E-state index contributed by atoms with van der Waals surface area (Å²) >= 11 is 0. The van der Waals surface area contributed by atoms with Crippen molar-refractivity contribution < 1.29 is 42.5 Å². The first kappa shape index (κ1) is 45.0. The number of amides is 2. The maximum absolute atomic E-state index is 13.6. The van der Waals surface area contributed by atoms with Crippen LogP contribution in [0.4, 0.5) is 8.78 Å². The lowest BCUT2D eigenvalue weighted by Crippen LogP contribution is -2.41. The average molecular weight is 817 g/mol. The second kappa shape index (κ2) is 22.3. The molecule has 0 spiro atoms. The Hall–Kier alpha value is -6.14. The number of rotatable bonds is 12. The van der Waals surface area contributed by atoms with E-state index in [2.05, 4.69) is 34.3 Å². The Morgan fingerprint density at radius 2 is 0.967 bits per heavy atom. The fourth-order valence-corrected chi connectivity index (χ4v) is 7.01. The van der Waals surface area contributed by atoms with Gasteiger partial charge in [-0.3, -0.25) is 14.4 Å². The van der Waals surface area contributed by atoms with E-state index in [1.165, 1.54) is 12.1 Å². The molecule has 0 bridgehead atoms. The lowest BCUT2D eigenvalue weighted by molar-refractivity contribution is -0.138. The molecule has 2 fully saturated rings. The summed E-state index contributed by atoms with van der Waals surface area (Å²) in [5.74, 6) is 9.64. The molecule has 60 heavy (non-hydrogen) atoms. The van der Waals surface area contributed by atoms with Crippen LogP contribution in [0.2, 0.25) is 0 Å². The Kier molecular flexibility index (Phi) is 16.7. The predicted octanol–water partition coefficient (Wildman–Crippen LogP) is 7.74. The first-order valence-electron chi connectivity index (χ1n) is 20.1. The Bertz CT molecular complexity index is 2060. The number of Topliss-reactive ketones (excluding diaryl/α,β-unsaturated/α-hetero) is 1. The van der Waals surface area contributed by atoms with Crippen molar-refractivity contribution in [3.63, 3.8) is 0 Å². The highest BCUT2D eigenvalue weighted by atomic mass is 19.1. The number of ether oxygens (including phenoxy) is 2. The molecule has 2 aliphatic rings. The molecule has 2 heterocycles. The summed E-state index contributed by atoms with van der Waals surface area (Å²) in [6, 6.07) is 26.4. The third-order valence-electron chi connectivity index (χ3n) is 11.0. The monoisotopic (exact) mass is 816 g/mol. The molecule has 312 valence electrons. The van der Waals surface area contributed by atoms with Crippen LogP contribution in [0.1, 0.15) is 101 Å². The van der Waals surface area contributed by atoms with Crippen LogP contribution in [-0.4, -0.2) is 68.2 Å². The van der Waals surface area contributed by atoms with Crippen molar-refractivity contribution in [3.8, 4) is 23.7 Å². The highest BCUT2D eigenvalue weighted by molar-refractivity contribution is 5.94. The quantitative estimate of drug-likeness (QED) is 0.125. The van der Waals surface area contributed by atoms with Crippen LogP contribution >= 0.6 is 0 Å². The van der Waals surface area contributed by atoms with Gasteiger partial charge in [-0.1, -0.05) is 47.9 Å². The topological polar surface area (TPSA) is 131 Å². The molecule has 0 radical (unpaired) electrons. The molecule has 9 nitrogen and oxygen atoms in total. The molecule has 6 rings (SSSR count). The fraction of sp³-hybridized carbons (Fsp3) is 0.347. The maximum atomic E-state index is 13.6. The highest BCUT2D eigenvalue weighted by Crippen LogP contribution is 2.36. The summed E-state index contributed by atoms with van der Waals surface area (Å²) < 4.78 is 38.2. The predicted molar refractivity (Wildman–Crippen MR) is 224 cm³/mol. The van der Waals surface area contributed by atoms with Gasteiger partial charge >= 0.3 is 5.97 Å². The normalized spacial score (nSPS) is 15.0. The van der Waals surface area contributed by atoms with Crippen molar-refractivity contribution in [1.29, 1.82) is 0 Å². The number of carboxylic acids is 1. The first-order valence-corrected chi connectivity index (χ1v) is 20.1. The number of hydrogen-bond acceptors (Lipinski definition) is 6. The molecule has 0 saturated carbocycles. The Morgan fingerprint density at radius 3 is 1.33 bits per heavy atom. The number of nitrogens with one attached hydrogen (secondary N) is 2. The second-order valence-corrected chi connectivity index (χ2v) is 15.3. The molecule has 3 N–H and O–H groups in total. The van der Waals surface area contributed by atoms with Crippen molar-refractivity contribution in [2.75, 3.05) is 39.5 Å². The van der Waals surface area contributed by atoms with E-state index in [4.69, 9.17) is 14.6 Å². The number of carboxylic acid groups (broad SMARTS) is 1. The van der Waals surface area contributed by atoms with Gasteiger partial charge in [0, 0.05) is 74.6 Å². The van der Waals surface area contributed by atoms with Crippen LogP contribution in [-0.2, 0) is 19.1 Å². The molecule has 0 aliphatic carbocycles. The molecule has 0 aromatic heterocycles. The number of aliphatic carboxylic acids is 1. The van der Waals surface area contributed by atoms with E-state index in [0.717, 1.165) is 32.1 Å². The van der Waals surface area contributed by atoms with Crippen LogP contribution in [0.25, 0.3) is 0 Å². The Labute approximate surface area is 350 Å². The SMILES string of the molecule is CC(=O)CCC1(CNC(=O)c2ccc(C#Cc3ccccc3F)cc2)CCOCC1.O=C(O)CCC1(CNC(=O)c2ccc(C#Cc3ccccc3F)cc2)CCOCC1. The molecule has 2 amide bonds. The maximum Gasteiger partial charge on any atom is 0.303 e. The number of carbonyl (C=O) groups excluding carboxylic acids is 3.